The molecule has 16 heterocycles. The van der Waals surface area contributed by atoms with Crippen molar-refractivity contribution in [3.63, 3.8) is 0 Å². The number of oxazole rings is 1. The lowest BCUT2D eigenvalue weighted by Crippen LogP contribution is -2.39. The largest absolute Gasteiger partial charge is 0.451 e. The fourth-order valence-electron chi connectivity index (χ4n) is 14.9. The van der Waals surface area contributed by atoms with Crippen LogP contribution in [0.4, 0.5) is 29.1 Å². The number of nitrogens with zero attached hydrogens (tertiary/aromatic N) is 16. The SMILES string of the molecule is CCCCC(=O)N1CCCc2c1nc(-c1ccccn1)[nH]c2=O.CCCCC(=O)N1CCCc2c1nc(-c1ccccn1)[nH]c2=O.O=C(c1cocn1)N1CCCc2c1nc(-c1ccccn1)[nH]c2=O.O=c1[nH]c(-c2ccccn2)nc2c1CCCN2CCCc1ccccc1.O=c1[nH]c(-c2ccccn2)nc2c1CCCN2Cc1ccccc1. The van der Waals surface area contributed by atoms with E-state index in [2.05, 4.69) is 130 Å². The number of unbranched alkanes of at least 4 members (excludes halogenated alkanes) is 2. The van der Waals surface area contributed by atoms with Crippen LogP contribution in [-0.4, -0.2) is 137 Å². The van der Waals surface area contributed by atoms with Gasteiger partial charge < -0.3 is 39.1 Å². The maximum absolute atomic E-state index is 12.6. The van der Waals surface area contributed by atoms with Gasteiger partial charge in [0.15, 0.2) is 41.2 Å². The summed E-state index contributed by atoms with van der Waals surface area (Å²) in [4.78, 5) is 171. The van der Waals surface area contributed by atoms with Gasteiger partial charge in [-0.25, -0.2) is 29.9 Å². The van der Waals surface area contributed by atoms with Gasteiger partial charge in [0, 0.05) is 89.6 Å². The molecule has 0 aliphatic carbocycles. The van der Waals surface area contributed by atoms with Gasteiger partial charge in [0.2, 0.25) is 11.8 Å². The van der Waals surface area contributed by atoms with E-state index in [1.807, 2.05) is 72.8 Å². The van der Waals surface area contributed by atoms with Gasteiger partial charge in [0.1, 0.15) is 63.8 Å². The topological polar surface area (TPSA) is 387 Å². The summed E-state index contributed by atoms with van der Waals surface area (Å²) in [7, 11) is 0. The average Bonchev–Trinajstić information content (AvgIpc) is 0.991. The van der Waals surface area contributed by atoms with Gasteiger partial charge in [-0.1, -0.05) is 118 Å². The molecule has 120 heavy (non-hydrogen) atoms. The van der Waals surface area contributed by atoms with E-state index in [4.69, 9.17) is 14.4 Å². The molecule has 11 aromatic heterocycles. The predicted molar refractivity (Wildman–Crippen MR) is 458 cm³/mol. The molecule has 0 spiro atoms. The molecule has 0 atom stereocenters. The highest BCUT2D eigenvalue weighted by Gasteiger charge is 2.32. The highest BCUT2D eigenvalue weighted by molar-refractivity contribution is 6.04. The first-order valence-corrected chi connectivity index (χ1v) is 40.9. The Labute approximate surface area is 690 Å². The summed E-state index contributed by atoms with van der Waals surface area (Å²) in [6.45, 7) is 9.32. The number of H-pyrrole nitrogens is 5. The maximum atomic E-state index is 12.6. The van der Waals surface area contributed by atoms with Gasteiger partial charge in [-0.2, -0.15) is 0 Å². The van der Waals surface area contributed by atoms with Gasteiger partial charge in [0.05, 0.1) is 27.8 Å². The minimum absolute atomic E-state index is 0.0385. The summed E-state index contributed by atoms with van der Waals surface area (Å²) in [6, 6.07) is 48.2. The highest BCUT2D eigenvalue weighted by Crippen LogP contribution is 2.32. The van der Waals surface area contributed by atoms with Crippen molar-refractivity contribution in [3.05, 3.63) is 292 Å². The van der Waals surface area contributed by atoms with E-state index >= 15 is 0 Å². The number of aryl methyl sites for hydroxylation is 1. The lowest BCUT2D eigenvalue weighted by Gasteiger charge is -2.29. The van der Waals surface area contributed by atoms with E-state index in [9.17, 15) is 38.4 Å². The number of carbonyl (C=O) groups is 3. The Morgan fingerprint density at radius 3 is 1.04 bits per heavy atom. The molecular formula is C90H93N21O9. The molecule has 18 rings (SSSR count). The fourth-order valence-corrected chi connectivity index (χ4v) is 14.9. The molecule has 0 saturated heterocycles. The van der Waals surface area contributed by atoms with E-state index in [0.717, 1.165) is 126 Å². The van der Waals surface area contributed by atoms with Crippen molar-refractivity contribution < 1.29 is 18.8 Å². The molecular weight excluding hydrogens is 1520 g/mol. The van der Waals surface area contributed by atoms with E-state index < -0.39 is 0 Å². The number of benzene rings is 2. The Kier molecular flexibility index (Phi) is 27.5. The highest BCUT2D eigenvalue weighted by atomic mass is 16.3. The second-order valence-corrected chi connectivity index (χ2v) is 29.3. The van der Waals surface area contributed by atoms with Crippen molar-refractivity contribution in [2.24, 2.45) is 0 Å². The Morgan fingerprint density at radius 2 is 0.683 bits per heavy atom. The van der Waals surface area contributed by atoms with Crippen LogP contribution in [0.2, 0.25) is 0 Å². The molecule has 5 aliphatic heterocycles. The standard InChI is InChI=1S/C21H22N4O.C19H18N4O.2C17H20N4O2.C16H13N5O3/c26-21-17-11-7-15-25(14-6-10-16-8-2-1-3-9-16)20(17)23-19(24-21)18-12-4-5-13-22-18;24-19-15-9-6-12-23(13-14-7-2-1-3-8-14)18(15)21-17(22-19)16-10-4-5-11-20-16;2*1-2-3-9-14(22)21-11-6-7-12-16(21)19-15(20-17(12)23)13-8-4-5-10-18-13;22-15-10-4-3-7-21(16(23)12-8-24-9-18-12)14(10)19-13(20-15)11-5-1-2-6-17-11/h1-5,8-9,12-13H,6-7,10-11,14-15H2,(H,23,24,26);1-5,7-8,10-11H,6,9,12-13H2,(H,21,22,24);2*4-5,8,10H,2-3,6-7,9,11H2,1H3,(H,19,20,23);1-2,5-6,8-9H,3-4,7H2,(H,19,20,22). The number of hydrogen-bond donors (Lipinski definition) is 5. The maximum Gasteiger partial charge on any atom is 0.281 e. The number of nitrogens with one attached hydrogen (secondary N) is 5. The molecule has 0 fully saturated rings. The summed E-state index contributed by atoms with van der Waals surface area (Å²) < 4.78 is 4.87. The van der Waals surface area contributed by atoms with Crippen LogP contribution in [0.15, 0.2) is 224 Å². The van der Waals surface area contributed by atoms with Crippen molar-refractivity contribution in [1.82, 2.24) is 79.7 Å². The molecule has 5 N–H and O–H groups in total. The van der Waals surface area contributed by atoms with Gasteiger partial charge in [0.25, 0.3) is 33.7 Å². The molecule has 0 saturated carbocycles. The van der Waals surface area contributed by atoms with Crippen LogP contribution in [0.1, 0.15) is 140 Å². The Balaban J connectivity index is 0.000000123. The first-order valence-electron chi connectivity index (χ1n) is 40.9. The number of aromatic amines is 5. The third kappa shape index (κ3) is 20.2. The van der Waals surface area contributed by atoms with Crippen LogP contribution in [0.5, 0.6) is 0 Å². The van der Waals surface area contributed by atoms with Crippen molar-refractivity contribution >= 4 is 46.8 Å². The average molecular weight is 1610 g/mol. The molecule has 30 heteroatoms. The molecule has 0 unspecified atom stereocenters. The number of anilines is 5. The Hall–Kier alpha value is -14.2. The number of pyridine rings is 5. The summed E-state index contributed by atoms with van der Waals surface area (Å²) in [6.07, 6.45) is 25.2. The zero-order valence-corrected chi connectivity index (χ0v) is 67.0. The molecule has 30 nitrogen and oxygen atoms in total. The number of fused-ring (bicyclic) bond motifs is 5. The zero-order chi connectivity index (χ0) is 83.1. The van der Waals surface area contributed by atoms with Crippen LogP contribution < -0.4 is 52.3 Å². The molecule has 2 aromatic carbocycles. The summed E-state index contributed by atoms with van der Waals surface area (Å²) >= 11 is 0. The lowest BCUT2D eigenvalue weighted by atomic mass is 10.1. The number of aromatic nitrogens is 16. The number of rotatable bonds is 18. The van der Waals surface area contributed by atoms with Crippen LogP contribution in [0.3, 0.4) is 0 Å². The third-order valence-electron chi connectivity index (χ3n) is 20.9. The van der Waals surface area contributed by atoms with E-state index in [-0.39, 0.29) is 51.2 Å². The zero-order valence-electron chi connectivity index (χ0n) is 67.0. The van der Waals surface area contributed by atoms with Crippen LogP contribution in [-0.2, 0) is 54.7 Å². The Bertz CT molecular complexity index is 5810. The van der Waals surface area contributed by atoms with Crippen molar-refractivity contribution in [2.45, 2.75) is 136 Å². The fraction of sp³-hybridized carbons (Fsp3) is 0.300. The van der Waals surface area contributed by atoms with E-state index in [1.165, 1.54) is 28.7 Å². The third-order valence-corrected chi connectivity index (χ3v) is 20.9. The van der Waals surface area contributed by atoms with Gasteiger partial charge >= 0.3 is 0 Å². The van der Waals surface area contributed by atoms with Crippen LogP contribution >= 0.6 is 0 Å². The minimum Gasteiger partial charge on any atom is -0.451 e. The number of amides is 3. The molecule has 0 radical (unpaired) electrons. The van der Waals surface area contributed by atoms with Crippen LogP contribution in [0.25, 0.3) is 57.6 Å². The van der Waals surface area contributed by atoms with Crippen LogP contribution in [0, 0.1) is 0 Å². The molecule has 3 amide bonds. The smallest absolute Gasteiger partial charge is 0.281 e. The second-order valence-electron chi connectivity index (χ2n) is 29.3. The molecule has 13 aromatic rings. The summed E-state index contributed by atoms with van der Waals surface area (Å²) in [5, 5.41) is 0. The summed E-state index contributed by atoms with van der Waals surface area (Å²) in [5.74, 6) is 4.94. The predicted octanol–water partition coefficient (Wildman–Crippen LogP) is 12.0. The first kappa shape index (κ1) is 82.3. The Morgan fingerprint density at radius 1 is 0.358 bits per heavy atom. The van der Waals surface area contributed by atoms with Gasteiger partial charge in [-0.15, -0.1) is 0 Å². The normalized spacial score (nSPS) is 13.6. The van der Waals surface area contributed by atoms with Crippen molar-refractivity contribution in [3.8, 4) is 57.6 Å². The summed E-state index contributed by atoms with van der Waals surface area (Å²) in [5.41, 5.74) is 8.42. The molecule has 5 aliphatic rings. The van der Waals surface area contributed by atoms with Gasteiger partial charge in [-0.05, 0) is 162 Å². The monoisotopic (exact) mass is 1610 g/mol. The van der Waals surface area contributed by atoms with Crippen molar-refractivity contribution in [1.29, 1.82) is 0 Å². The number of carbonyl (C=O) groups excluding carboxylic acids is 3. The number of hydrogen-bond acceptors (Lipinski definition) is 22. The first-order chi connectivity index (χ1) is 58.8. The second kappa shape index (κ2) is 40.1. The lowest BCUT2D eigenvalue weighted by molar-refractivity contribution is -0.119. The van der Waals surface area contributed by atoms with Gasteiger partial charge in [-0.3, -0.25) is 78.0 Å². The van der Waals surface area contributed by atoms with E-state index in [0.29, 0.717) is 150 Å². The molecule has 0 bridgehead atoms. The molecule has 612 valence electrons. The quantitative estimate of drug-likeness (QED) is 0.0532. The van der Waals surface area contributed by atoms with E-state index in [1.54, 1.807) is 83.2 Å². The minimum atomic E-state index is -0.338. The van der Waals surface area contributed by atoms with Crippen molar-refractivity contribution in [2.75, 3.05) is 63.8 Å².